The first-order chi connectivity index (χ1) is 11.3. The molecular formula is C20H21BrN2. The smallest absolute Gasteiger partial charge is 0.0741 e. The van der Waals surface area contributed by atoms with Gasteiger partial charge in [0.25, 0.3) is 0 Å². The molecule has 1 heterocycles. The van der Waals surface area contributed by atoms with E-state index < -0.39 is 0 Å². The van der Waals surface area contributed by atoms with Gasteiger partial charge < -0.3 is 0 Å². The number of piperidine rings is 1. The van der Waals surface area contributed by atoms with Gasteiger partial charge in [-0.1, -0.05) is 58.4 Å². The number of rotatable bonds is 4. The Morgan fingerprint density at radius 1 is 1.04 bits per heavy atom. The average Bonchev–Trinajstić information content (AvgIpc) is 2.60. The van der Waals surface area contributed by atoms with E-state index in [1.54, 1.807) is 0 Å². The Bertz CT molecular complexity index is 652. The number of likely N-dealkylation sites (tertiary alicyclic amines) is 1. The second kappa shape index (κ2) is 7.77. The number of nitrogens with zero attached hydrogens (tertiary/aromatic N) is 2. The highest BCUT2D eigenvalue weighted by Gasteiger charge is 2.27. The Labute approximate surface area is 146 Å². The molecule has 1 atom stereocenters. The lowest BCUT2D eigenvalue weighted by atomic mass is 9.81. The van der Waals surface area contributed by atoms with Crippen LogP contribution >= 0.6 is 15.9 Å². The molecule has 118 valence electrons. The van der Waals surface area contributed by atoms with Gasteiger partial charge in [-0.25, -0.2) is 0 Å². The molecule has 0 amide bonds. The second-order valence-corrected chi connectivity index (χ2v) is 7.17. The SMILES string of the molecule is N#CC(c1ccc(Br)cc1)C1CCN(Cc2ccccc2)CC1. The second-order valence-electron chi connectivity index (χ2n) is 6.26. The van der Waals surface area contributed by atoms with E-state index in [2.05, 4.69) is 69.4 Å². The van der Waals surface area contributed by atoms with Gasteiger partial charge in [0, 0.05) is 11.0 Å². The van der Waals surface area contributed by atoms with Gasteiger partial charge in [-0.3, -0.25) is 4.90 Å². The fourth-order valence-corrected chi connectivity index (χ4v) is 3.67. The van der Waals surface area contributed by atoms with Crippen LogP contribution in [0.5, 0.6) is 0 Å². The first-order valence-electron chi connectivity index (χ1n) is 8.17. The van der Waals surface area contributed by atoms with Crippen molar-refractivity contribution >= 4 is 15.9 Å². The highest BCUT2D eigenvalue weighted by molar-refractivity contribution is 9.10. The highest BCUT2D eigenvalue weighted by atomic mass is 79.9. The monoisotopic (exact) mass is 368 g/mol. The number of benzene rings is 2. The molecule has 2 nitrogen and oxygen atoms in total. The molecule has 0 bridgehead atoms. The van der Waals surface area contributed by atoms with Crippen molar-refractivity contribution in [2.45, 2.75) is 25.3 Å². The summed E-state index contributed by atoms with van der Waals surface area (Å²) in [4.78, 5) is 2.50. The van der Waals surface area contributed by atoms with E-state index in [1.165, 1.54) is 5.56 Å². The molecule has 1 unspecified atom stereocenters. The first kappa shape index (κ1) is 16.2. The molecule has 0 radical (unpaired) electrons. The van der Waals surface area contributed by atoms with Gasteiger partial charge in [0.2, 0.25) is 0 Å². The van der Waals surface area contributed by atoms with Crippen molar-refractivity contribution in [1.82, 2.24) is 4.90 Å². The van der Waals surface area contributed by atoms with E-state index in [1.807, 2.05) is 12.1 Å². The van der Waals surface area contributed by atoms with Crippen molar-refractivity contribution in [2.75, 3.05) is 13.1 Å². The summed E-state index contributed by atoms with van der Waals surface area (Å²) in [5.74, 6) is 0.482. The summed E-state index contributed by atoms with van der Waals surface area (Å²) in [5.41, 5.74) is 2.52. The molecular weight excluding hydrogens is 348 g/mol. The van der Waals surface area contributed by atoms with Crippen molar-refractivity contribution in [3.05, 3.63) is 70.2 Å². The molecule has 3 heteroatoms. The van der Waals surface area contributed by atoms with Crippen molar-refractivity contribution in [2.24, 2.45) is 5.92 Å². The zero-order valence-corrected chi connectivity index (χ0v) is 14.7. The molecule has 2 aromatic rings. The van der Waals surface area contributed by atoms with Crippen LogP contribution in [0.3, 0.4) is 0 Å². The lowest BCUT2D eigenvalue weighted by molar-refractivity contribution is 0.171. The minimum absolute atomic E-state index is 0.0157. The minimum atomic E-state index is 0.0157. The predicted molar refractivity (Wildman–Crippen MR) is 96.9 cm³/mol. The van der Waals surface area contributed by atoms with Crippen molar-refractivity contribution in [3.8, 4) is 6.07 Å². The number of nitriles is 1. The third-order valence-electron chi connectivity index (χ3n) is 4.72. The molecule has 0 aliphatic carbocycles. The van der Waals surface area contributed by atoms with Crippen LogP contribution in [0.1, 0.15) is 29.9 Å². The molecule has 3 rings (SSSR count). The van der Waals surface area contributed by atoms with E-state index in [0.29, 0.717) is 5.92 Å². The largest absolute Gasteiger partial charge is 0.299 e. The lowest BCUT2D eigenvalue weighted by Gasteiger charge is -2.34. The van der Waals surface area contributed by atoms with E-state index >= 15 is 0 Å². The third kappa shape index (κ3) is 4.22. The Hall–Kier alpha value is -1.63. The van der Waals surface area contributed by atoms with E-state index in [9.17, 15) is 5.26 Å². The molecule has 0 aromatic heterocycles. The van der Waals surface area contributed by atoms with Crippen LogP contribution in [-0.2, 0) is 6.54 Å². The minimum Gasteiger partial charge on any atom is -0.299 e. The number of halogens is 1. The maximum Gasteiger partial charge on any atom is 0.0741 e. The number of hydrogen-bond acceptors (Lipinski definition) is 2. The van der Waals surface area contributed by atoms with Gasteiger partial charge in [-0.15, -0.1) is 0 Å². The average molecular weight is 369 g/mol. The molecule has 1 aliphatic rings. The van der Waals surface area contributed by atoms with Gasteiger partial charge in [0.15, 0.2) is 0 Å². The Morgan fingerprint density at radius 2 is 1.70 bits per heavy atom. The molecule has 0 N–H and O–H groups in total. The van der Waals surface area contributed by atoms with Crippen molar-refractivity contribution < 1.29 is 0 Å². The quantitative estimate of drug-likeness (QED) is 0.761. The molecule has 23 heavy (non-hydrogen) atoms. The molecule has 2 aromatic carbocycles. The van der Waals surface area contributed by atoms with Crippen molar-refractivity contribution in [3.63, 3.8) is 0 Å². The van der Waals surface area contributed by atoms with Crippen LogP contribution in [0.25, 0.3) is 0 Å². The van der Waals surface area contributed by atoms with Crippen LogP contribution in [0.4, 0.5) is 0 Å². The van der Waals surface area contributed by atoms with E-state index in [-0.39, 0.29) is 5.92 Å². The Morgan fingerprint density at radius 3 is 2.30 bits per heavy atom. The summed E-state index contributed by atoms with van der Waals surface area (Å²) >= 11 is 3.46. The zero-order chi connectivity index (χ0) is 16.1. The molecule has 1 aliphatic heterocycles. The van der Waals surface area contributed by atoms with Crippen LogP contribution in [-0.4, -0.2) is 18.0 Å². The summed E-state index contributed by atoms with van der Waals surface area (Å²) in [7, 11) is 0. The molecule has 1 fully saturated rings. The van der Waals surface area contributed by atoms with Crippen LogP contribution in [0, 0.1) is 17.2 Å². The Balaban J connectivity index is 1.59. The highest BCUT2D eigenvalue weighted by Crippen LogP contribution is 2.33. The maximum atomic E-state index is 9.63. The van der Waals surface area contributed by atoms with E-state index in [4.69, 9.17) is 0 Å². The summed E-state index contributed by atoms with van der Waals surface area (Å²) < 4.78 is 1.07. The molecule has 1 saturated heterocycles. The summed E-state index contributed by atoms with van der Waals surface area (Å²) in [6, 6.07) is 21.4. The van der Waals surface area contributed by atoms with Gasteiger partial charge in [0.1, 0.15) is 0 Å². The van der Waals surface area contributed by atoms with Crippen LogP contribution in [0.15, 0.2) is 59.1 Å². The van der Waals surface area contributed by atoms with Crippen LogP contribution < -0.4 is 0 Å². The standard InChI is InChI=1S/C20H21BrN2/c21-19-8-6-17(7-9-19)20(14-22)18-10-12-23(13-11-18)15-16-4-2-1-3-5-16/h1-9,18,20H,10-13,15H2. The zero-order valence-electron chi connectivity index (χ0n) is 13.2. The van der Waals surface area contributed by atoms with Gasteiger partial charge >= 0.3 is 0 Å². The number of hydrogen-bond donors (Lipinski definition) is 0. The third-order valence-corrected chi connectivity index (χ3v) is 5.25. The fraction of sp³-hybridized carbons (Fsp3) is 0.350. The van der Waals surface area contributed by atoms with Gasteiger partial charge in [-0.2, -0.15) is 5.26 Å². The summed E-state index contributed by atoms with van der Waals surface area (Å²) in [6.07, 6.45) is 2.20. The fourth-order valence-electron chi connectivity index (χ4n) is 3.41. The summed E-state index contributed by atoms with van der Waals surface area (Å²) in [6.45, 7) is 3.17. The maximum absolute atomic E-state index is 9.63. The normalized spacial score (nSPS) is 17.6. The Kier molecular flexibility index (Phi) is 5.48. The predicted octanol–water partition coefficient (Wildman–Crippen LogP) is 4.97. The molecule has 0 spiro atoms. The van der Waals surface area contributed by atoms with Crippen molar-refractivity contribution in [1.29, 1.82) is 5.26 Å². The topological polar surface area (TPSA) is 27.0 Å². The van der Waals surface area contributed by atoms with Gasteiger partial charge in [-0.05, 0) is 55.1 Å². The summed E-state index contributed by atoms with van der Waals surface area (Å²) in [5, 5.41) is 9.63. The van der Waals surface area contributed by atoms with Gasteiger partial charge in [0.05, 0.1) is 12.0 Å². The van der Waals surface area contributed by atoms with Crippen LogP contribution in [0.2, 0.25) is 0 Å². The molecule has 0 saturated carbocycles. The first-order valence-corrected chi connectivity index (χ1v) is 8.97. The lowest BCUT2D eigenvalue weighted by Crippen LogP contribution is -2.35. The van der Waals surface area contributed by atoms with E-state index in [0.717, 1.165) is 42.5 Å².